The molecule has 178 valence electrons. The summed E-state index contributed by atoms with van der Waals surface area (Å²) >= 11 is 6.46. The normalized spacial score (nSPS) is 11.3. The number of benzene rings is 3. The summed E-state index contributed by atoms with van der Waals surface area (Å²) in [5.74, 6) is -0.450. The lowest BCUT2D eigenvalue weighted by Crippen LogP contribution is -2.20. The molecule has 0 saturated carbocycles. The first-order valence-electron chi connectivity index (χ1n) is 10.4. The maximum atomic E-state index is 12.9. The fourth-order valence-corrected chi connectivity index (χ4v) is 3.50. The van der Waals surface area contributed by atoms with Crippen molar-refractivity contribution in [1.29, 1.82) is 0 Å². The van der Waals surface area contributed by atoms with Crippen LogP contribution >= 0.6 is 11.6 Å². The molecule has 1 atom stereocenters. The number of amides is 2. The van der Waals surface area contributed by atoms with Crippen molar-refractivity contribution in [1.82, 2.24) is 0 Å². The molecule has 2 amide bonds. The van der Waals surface area contributed by atoms with Gasteiger partial charge in [-0.3, -0.25) is 9.59 Å². The highest BCUT2D eigenvalue weighted by atomic mass is 35.5. The van der Waals surface area contributed by atoms with Crippen LogP contribution in [0, 0.1) is 0 Å². The molecular weight excluding hydrogens is 458 g/mol. The summed E-state index contributed by atoms with van der Waals surface area (Å²) in [6.45, 7) is 1.68. The van der Waals surface area contributed by atoms with E-state index < -0.39 is 11.8 Å². The van der Waals surface area contributed by atoms with Crippen LogP contribution in [0.15, 0.2) is 60.7 Å². The molecule has 3 aromatic rings. The fourth-order valence-electron chi connectivity index (χ4n) is 3.27. The Morgan fingerprint density at radius 1 is 1.00 bits per heavy atom. The molecule has 0 radical (unpaired) electrons. The van der Waals surface area contributed by atoms with Crippen LogP contribution < -0.4 is 30.6 Å². The number of nitrogens with one attached hydrogen (secondary N) is 2. The minimum atomic E-state index is -0.654. The van der Waals surface area contributed by atoms with Crippen LogP contribution in [-0.4, -0.2) is 32.6 Å². The quantitative estimate of drug-likeness (QED) is 0.387. The predicted molar refractivity (Wildman–Crippen MR) is 132 cm³/mol. The Labute approximate surface area is 203 Å². The van der Waals surface area contributed by atoms with Gasteiger partial charge in [-0.15, -0.1) is 0 Å². The highest BCUT2D eigenvalue weighted by Gasteiger charge is 2.19. The average molecular weight is 484 g/mol. The van der Waals surface area contributed by atoms with E-state index in [1.807, 2.05) is 37.3 Å². The molecule has 34 heavy (non-hydrogen) atoms. The van der Waals surface area contributed by atoms with Gasteiger partial charge in [0.15, 0.2) is 18.1 Å². The number of anilines is 2. The molecule has 3 aromatic carbocycles. The van der Waals surface area contributed by atoms with Gasteiger partial charge in [-0.25, -0.2) is 0 Å². The van der Waals surface area contributed by atoms with E-state index in [9.17, 15) is 9.59 Å². The van der Waals surface area contributed by atoms with Crippen LogP contribution in [0.5, 0.6) is 17.2 Å². The number of halogens is 1. The number of hydrogen-bond acceptors (Lipinski definition) is 6. The Hall–Kier alpha value is -3.91. The molecule has 0 fully saturated rings. The first-order valence-corrected chi connectivity index (χ1v) is 10.8. The lowest BCUT2D eigenvalue weighted by molar-refractivity contribution is -0.120. The Morgan fingerprint density at radius 2 is 1.65 bits per heavy atom. The van der Waals surface area contributed by atoms with Crippen molar-refractivity contribution in [3.8, 4) is 17.2 Å². The number of methoxy groups -OCH3 is 2. The number of carbonyl (C=O) groups excluding carboxylic acids is 2. The van der Waals surface area contributed by atoms with Crippen molar-refractivity contribution in [2.45, 2.75) is 13.0 Å². The zero-order chi connectivity index (χ0) is 24.7. The lowest BCUT2D eigenvalue weighted by Gasteiger charge is -2.18. The molecule has 0 heterocycles. The first-order chi connectivity index (χ1) is 16.3. The maximum absolute atomic E-state index is 12.9. The highest BCUT2D eigenvalue weighted by Crippen LogP contribution is 2.39. The van der Waals surface area contributed by atoms with E-state index in [1.54, 1.807) is 18.2 Å². The number of nitrogens with two attached hydrogens (primary N) is 1. The minimum absolute atomic E-state index is 0.0503. The number of primary amides is 1. The van der Waals surface area contributed by atoms with E-state index in [0.29, 0.717) is 10.7 Å². The summed E-state index contributed by atoms with van der Waals surface area (Å²) in [6, 6.07) is 18.2. The molecule has 0 saturated heterocycles. The fraction of sp³-hybridized carbons (Fsp3) is 0.200. The largest absolute Gasteiger partial charge is 0.493 e. The first kappa shape index (κ1) is 24.7. The standard InChI is InChI=1S/C25H26ClN3O5/c1-15(16-7-5-4-6-8-16)28-20-10-9-18(13-19(20)26)29-25(31)17-11-21(32-2)24(22(12-17)33-3)34-14-23(27)30/h4-13,15,28H,14H2,1-3H3,(H2,27,30)(H,29,31). The lowest BCUT2D eigenvalue weighted by atomic mass is 10.1. The number of carbonyl (C=O) groups is 2. The van der Waals surface area contributed by atoms with E-state index in [0.717, 1.165) is 11.3 Å². The van der Waals surface area contributed by atoms with Gasteiger partial charge in [0.2, 0.25) is 5.75 Å². The number of rotatable bonds is 10. The van der Waals surface area contributed by atoms with Crippen LogP contribution in [0.4, 0.5) is 11.4 Å². The summed E-state index contributed by atoms with van der Waals surface area (Å²) in [5, 5.41) is 6.64. The van der Waals surface area contributed by atoms with Gasteiger partial charge in [0, 0.05) is 17.3 Å². The van der Waals surface area contributed by atoms with Gasteiger partial charge >= 0.3 is 0 Å². The molecule has 0 aliphatic rings. The van der Waals surface area contributed by atoms with E-state index in [4.69, 9.17) is 31.5 Å². The van der Waals surface area contributed by atoms with Gasteiger partial charge in [0.05, 0.1) is 24.9 Å². The molecular formula is C25H26ClN3O5. The van der Waals surface area contributed by atoms with Crippen molar-refractivity contribution in [3.63, 3.8) is 0 Å². The molecule has 8 nitrogen and oxygen atoms in total. The number of ether oxygens (including phenoxy) is 3. The van der Waals surface area contributed by atoms with E-state index in [-0.39, 0.29) is 35.5 Å². The molecule has 1 unspecified atom stereocenters. The van der Waals surface area contributed by atoms with Crippen molar-refractivity contribution in [3.05, 3.63) is 76.8 Å². The van der Waals surface area contributed by atoms with Gasteiger partial charge in [-0.1, -0.05) is 41.9 Å². The third-order valence-electron chi connectivity index (χ3n) is 4.98. The predicted octanol–water partition coefficient (Wildman–Crippen LogP) is 4.65. The Kier molecular flexibility index (Phi) is 8.21. The zero-order valence-corrected chi connectivity index (χ0v) is 19.8. The van der Waals surface area contributed by atoms with Crippen molar-refractivity contribution in [2.75, 3.05) is 31.5 Å². The summed E-state index contributed by atoms with van der Waals surface area (Å²) in [5.41, 5.74) is 7.79. The molecule has 9 heteroatoms. The zero-order valence-electron chi connectivity index (χ0n) is 19.1. The van der Waals surface area contributed by atoms with Gasteiger partial charge in [-0.2, -0.15) is 0 Å². The van der Waals surface area contributed by atoms with E-state index >= 15 is 0 Å². The van der Waals surface area contributed by atoms with Crippen molar-refractivity contribution >= 4 is 34.8 Å². The Bertz CT molecular complexity index is 1150. The van der Waals surface area contributed by atoms with Gasteiger partial charge in [-0.05, 0) is 42.8 Å². The van der Waals surface area contributed by atoms with Crippen LogP contribution in [0.1, 0.15) is 28.9 Å². The number of hydrogen-bond donors (Lipinski definition) is 3. The summed E-state index contributed by atoms with van der Waals surface area (Å²) in [4.78, 5) is 24.0. The minimum Gasteiger partial charge on any atom is -0.493 e. The van der Waals surface area contributed by atoms with Crippen LogP contribution in [0.25, 0.3) is 0 Å². The van der Waals surface area contributed by atoms with Crippen LogP contribution in [0.3, 0.4) is 0 Å². The molecule has 0 aliphatic carbocycles. The Balaban J connectivity index is 1.76. The molecule has 0 bridgehead atoms. The molecule has 0 aliphatic heterocycles. The molecule has 4 N–H and O–H groups in total. The SMILES string of the molecule is COc1cc(C(=O)Nc2ccc(NC(C)c3ccccc3)c(Cl)c2)cc(OC)c1OCC(N)=O. The van der Waals surface area contributed by atoms with Crippen LogP contribution in [0.2, 0.25) is 5.02 Å². The maximum Gasteiger partial charge on any atom is 0.255 e. The summed E-state index contributed by atoms with van der Waals surface area (Å²) < 4.78 is 16.0. The summed E-state index contributed by atoms with van der Waals surface area (Å²) in [6.07, 6.45) is 0. The van der Waals surface area contributed by atoms with Gasteiger partial charge < -0.3 is 30.6 Å². The van der Waals surface area contributed by atoms with Crippen molar-refractivity contribution in [2.24, 2.45) is 5.73 Å². The third-order valence-corrected chi connectivity index (χ3v) is 5.29. The van der Waals surface area contributed by atoms with E-state index in [2.05, 4.69) is 10.6 Å². The smallest absolute Gasteiger partial charge is 0.255 e. The van der Waals surface area contributed by atoms with E-state index in [1.165, 1.54) is 26.4 Å². The monoisotopic (exact) mass is 483 g/mol. The summed E-state index contributed by atoms with van der Waals surface area (Å²) in [7, 11) is 2.82. The van der Waals surface area contributed by atoms with Crippen LogP contribution in [-0.2, 0) is 4.79 Å². The second kappa shape index (κ2) is 11.3. The Morgan fingerprint density at radius 3 is 2.21 bits per heavy atom. The average Bonchev–Trinajstić information content (AvgIpc) is 2.84. The highest BCUT2D eigenvalue weighted by molar-refractivity contribution is 6.33. The van der Waals surface area contributed by atoms with Gasteiger partial charge in [0.25, 0.3) is 11.8 Å². The molecule has 3 rings (SSSR count). The molecule has 0 spiro atoms. The second-order valence-corrected chi connectivity index (χ2v) is 7.80. The van der Waals surface area contributed by atoms with Gasteiger partial charge in [0.1, 0.15) is 0 Å². The van der Waals surface area contributed by atoms with Crippen molar-refractivity contribution < 1.29 is 23.8 Å². The topological polar surface area (TPSA) is 112 Å². The second-order valence-electron chi connectivity index (χ2n) is 7.39. The third kappa shape index (κ3) is 6.11. The molecule has 0 aromatic heterocycles.